The summed E-state index contributed by atoms with van der Waals surface area (Å²) in [6.07, 6.45) is 4.41. The first-order chi connectivity index (χ1) is 9.67. The number of aliphatic hydroxyl groups is 1. The molecule has 4 N–H and O–H groups in total. The van der Waals surface area contributed by atoms with Gasteiger partial charge in [-0.25, -0.2) is 0 Å². The van der Waals surface area contributed by atoms with Crippen LogP contribution in [0.5, 0.6) is 0 Å². The molecule has 1 aliphatic rings. The number of aliphatic hydroxyl groups excluding tert-OH is 1. The minimum Gasteiger partial charge on any atom is -0.409 e. The van der Waals surface area contributed by atoms with Crippen LogP contribution in [0.4, 0.5) is 5.69 Å². The third-order valence-corrected chi connectivity index (χ3v) is 4.07. The Morgan fingerprint density at radius 3 is 2.85 bits per heavy atom. The molecule has 1 atom stereocenters. The van der Waals surface area contributed by atoms with Crippen LogP contribution in [0, 0.1) is 0 Å². The number of hydrogen-bond donors (Lipinski definition) is 3. The molecule has 0 radical (unpaired) electrons. The van der Waals surface area contributed by atoms with Crippen LogP contribution in [-0.4, -0.2) is 35.3 Å². The molecule has 110 valence electrons. The Hall–Kier alpha value is -1.46. The van der Waals surface area contributed by atoms with Crippen molar-refractivity contribution in [2.75, 3.05) is 18.1 Å². The van der Waals surface area contributed by atoms with Crippen molar-refractivity contribution in [3.05, 3.63) is 28.8 Å². The zero-order chi connectivity index (χ0) is 14.5. The number of rotatable bonds is 3. The number of halogens is 1. The highest BCUT2D eigenvalue weighted by molar-refractivity contribution is 6.34. The van der Waals surface area contributed by atoms with Gasteiger partial charge in [0.05, 0.1) is 17.7 Å². The maximum Gasteiger partial charge on any atom is 0.171 e. The second-order valence-corrected chi connectivity index (χ2v) is 5.44. The number of anilines is 1. The molecule has 20 heavy (non-hydrogen) atoms. The van der Waals surface area contributed by atoms with Crippen molar-refractivity contribution in [1.29, 1.82) is 0 Å². The number of amidine groups is 1. The summed E-state index contributed by atoms with van der Waals surface area (Å²) in [4.78, 5) is 2.19. The molecule has 0 saturated carbocycles. The summed E-state index contributed by atoms with van der Waals surface area (Å²) >= 11 is 6.19. The highest BCUT2D eigenvalue weighted by Crippen LogP contribution is 2.28. The maximum absolute atomic E-state index is 9.55. The lowest BCUT2D eigenvalue weighted by molar-refractivity contribution is 0.255. The first kappa shape index (κ1) is 14.9. The summed E-state index contributed by atoms with van der Waals surface area (Å²) in [5.41, 5.74) is 7.04. The Bertz CT molecular complexity index is 493. The molecule has 6 heteroatoms. The van der Waals surface area contributed by atoms with Gasteiger partial charge in [0.15, 0.2) is 5.84 Å². The van der Waals surface area contributed by atoms with Crippen LogP contribution < -0.4 is 10.6 Å². The van der Waals surface area contributed by atoms with E-state index in [1.54, 1.807) is 6.07 Å². The third kappa shape index (κ3) is 3.16. The smallest absolute Gasteiger partial charge is 0.171 e. The number of hydrogen-bond acceptors (Lipinski definition) is 4. The lowest BCUT2D eigenvalue weighted by Crippen LogP contribution is -2.37. The van der Waals surface area contributed by atoms with Crippen molar-refractivity contribution in [2.24, 2.45) is 10.9 Å². The molecule has 0 aromatic heterocycles. The van der Waals surface area contributed by atoms with Gasteiger partial charge >= 0.3 is 0 Å². The Labute approximate surface area is 123 Å². The normalized spacial score (nSPS) is 20.8. The fourth-order valence-electron chi connectivity index (χ4n) is 2.65. The van der Waals surface area contributed by atoms with Gasteiger partial charge < -0.3 is 20.9 Å². The second kappa shape index (κ2) is 6.81. The van der Waals surface area contributed by atoms with Crippen LogP contribution in [-0.2, 0) is 0 Å². The topological polar surface area (TPSA) is 82.1 Å². The minimum absolute atomic E-state index is 0.00359. The number of nitrogens with two attached hydrogens (primary N) is 1. The molecule has 1 aliphatic heterocycles. The fourth-order valence-corrected chi connectivity index (χ4v) is 2.92. The minimum atomic E-state index is -0.00359. The summed E-state index contributed by atoms with van der Waals surface area (Å²) in [5, 5.41) is 21.7. The van der Waals surface area contributed by atoms with Crippen LogP contribution >= 0.6 is 11.6 Å². The van der Waals surface area contributed by atoms with Gasteiger partial charge in [-0.2, -0.15) is 0 Å². The first-order valence-electron chi connectivity index (χ1n) is 6.82. The van der Waals surface area contributed by atoms with Gasteiger partial charge in [-0.05, 0) is 31.0 Å². The Kier molecular flexibility index (Phi) is 5.09. The molecule has 1 heterocycles. The van der Waals surface area contributed by atoms with E-state index in [2.05, 4.69) is 10.1 Å². The van der Waals surface area contributed by atoms with Crippen molar-refractivity contribution in [3.63, 3.8) is 0 Å². The van der Waals surface area contributed by atoms with Gasteiger partial charge in [-0.1, -0.05) is 29.6 Å². The van der Waals surface area contributed by atoms with Crippen molar-refractivity contribution >= 4 is 23.1 Å². The molecular formula is C14H20ClN3O2. The van der Waals surface area contributed by atoms with E-state index in [-0.39, 0.29) is 18.5 Å². The summed E-state index contributed by atoms with van der Waals surface area (Å²) in [6, 6.07) is 5.57. The molecule has 0 spiro atoms. The molecule has 0 aliphatic carbocycles. The van der Waals surface area contributed by atoms with Gasteiger partial charge in [0, 0.05) is 17.8 Å². The van der Waals surface area contributed by atoms with Crippen LogP contribution in [0.3, 0.4) is 0 Å². The largest absolute Gasteiger partial charge is 0.409 e. The summed E-state index contributed by atoms with van der Waals surface area (Å²) in [5.74, 6) is -0.00359. The molecule has 1 aromatic carbocycles. The van der Waals surface area contributed by atoms with Gasteiger partial charge in [-0.15, -0.1) is 0 Å². The van der Waals surface area contributed by atoms with Crippen LogP contribution in [0.2, 0.25) is 5.02 Å². The molecule has 1 saturated heterocycles. The van der Waals surface area contributed by atoms with E-state index >= 15 is 0 Å². The van der Waals surface area contributed by atoms with Crippen molar-refractivity contribution in [2.45, 2.75) is 31.7 Å². The molecule has 2 rings (SSSR count). The zero-order valence-corrected chi connectivity index (χ0v) is 12.1. The van der Waals surface area contributed by atoms with Crippen LogP contribution in [0.1, 0.15) is 31.2 Å². The summed E-state index contributed by atoms with van der Waals surface area (Å²) < 4.78 is 0. The predicted molar refractivity (Wildman–Crippen MR) is 80.7 cm³/mol. The quantitative estimate of drug-likeness (QED) is 0.346. The highest BCUT2D eigenvalue weighted by Gasteiger charge is 2.21. The Morgan fingerprint density at radius 1 is 1.40 bits per heavy atom. The standard InChI is InChI=1S/C14H20ClN3O2/c15-13-8-10(5-6-12(13)14(16)17-20)18-7-3-1-2-4-11(18)9-19/h5-6,8,11,19-20H,1-4,7,9H2,(H2,16,17). The van der Waals surface area contributed by atoms with E-state index in [1.165, 1.54) is 6.42 Å². The molecular weight excluding hydrogens is 278 g/mol. The number of benzene rings is 1. The first-order valence-corrected chi connectivity index (χ1v) is 7.20. The van der Waals surface area contributed by atoms with E-state index in [9.17, 15) is 5.11 Å². The van der Waals surface area contributed by atoms with Gasteiger partial charge in [0.25, 0.3) is 0 Å². The molecule has 1 unspecified atom stereocenters. The van der Waals surface area contributed by atoms with Crippen molar-refractivity contribution < 1.29 is 10.3 Å². The SMILES string of the molecule is N/C(=N/O)c1ccc(N2CCCCCC2CO)cc1Cl. The van der Waals surface area contributed by atoms with Crippen molar-refractivity contribution in [1.82, 2.24) is 0 Å². The van der Waals surface area contributed by atoms with E-state index in [1.807, 2.05) is 12.1 Å². The molecule has 1 fully saturated rings. The fraction of sp³-hybridized carbons (Fsp3) is 0.500. The number of oxime groups is 1. The molecule has 1 aromatic rings. The summed E-state index contributed by atoms with van der Waals surface area (Å²) in [6.45, 7) is 1.05. The van der Waals surface area contributed by atoms with Crippen LogP contribution in [0.25, 0.3) is 0 Å². The van der Waals surface area contributed by atoms with Gasteiger partial charge in [-0.3, -0.25) is 0 Å². The number of nitrogens with zero attached hydrogens (tertiary/aromatic N) is 2. The third-order valence-electron chi connectivity index (χ3n) is 3.76. The second-order valence-electron chi connectivity index (χ2n) is 5.03. The average Bonchev–Trinajstić information content (AvgIpc) is 2.71. The zero-order valence-electron chi connectivity index (χ0n) is 11.3. The van der Waals surface area contributed by atoms with E-state index < -0.39 is 0 Å². The molecule has 5 nitrogen and oxygen atoms in total. The highest BCUT2D eigenvalue weighted by atomic mass is 35.5. The Morgan fingerprint density at radius 2 is 2.20 bits per heavy atom. The van der Waals surface area contributed by atoms with E-state index in [0.717, 1.165) is 31.5 Å². The lowest BCUT2D eigenvalue weighted by Gasteiger charge is -2.31. The lowest BCUT2D eigenvalue weighted by atomic mass is 10.1. The average molecular weight is 298 g/mol. The maximum atomic E-state index is 9.55. The van der Waals surface area contributed by atoms with Crippen molar-refractivity contribution in [3.8, 4) is 0 Å². The monoisotopic (exact) mass is 297 g/mol. The predicted octanol–water partition coefficient (Wildman–Crippen LogP) is 2.18. The molecule has 0 bridgehead atoms. The Balaban J connectivity index is 2.29. The van der Waals surface area contributed by atoms with Crippen LogP contribution in [0.15, 0.2) is 23.4 Å². The van der Waals surface area contributed by atoms with E-state index in [0.29, 0.717) is 10.6 Å². The molecule has 0 amide bonds. The van der Waals surface area contributed by atoms with Gasteiger partial charge in [0.2, 0.25) is 0 Å². The van der Waals surface area contributed by atoms with E-state index in [4.69, 9.17) is 22.5 Å². The van der Waals surface area contributed by atoms with Gasteiger partial charge in [0.1, 0.15) is 0 Å². The summed E-state index contributed by atoms with van der Waals surface area (Å²) in [7, 11) is 0.